The van der Waals surface area contributed by atoms with Crippen LogP contribution in [0.4, 0.5) is 0 Å². The average molecular weight is 190 g/mol. The van der Waals surface area contributed by atoms with Gasteiger partial charge >= 0.3 is 7.12 Å². The summed E-state index contributed by atoms with van der Waals surface area (Å²) in [5.41, 5.74) is 1.81. The Balaban J connectivity index is 2.21. The van der Waals surface area contributed by atoms with E-state index in [1.807, 2.05) is 12.1 Å². The van der Waals surface area contributed by atoms with E-state index < -0.39 is 7.12 Å². The predicted octanol–water partition coefficient (Wildman–Crippen LogP) is 0.469. The summed E-state index contributed by atoms with van der Waals surface area (Å²) in [4.78, 5) is 0. The number of ether oxygens (including phenoxy) is 1. The first-order valence-electron chi connectivity index (χ1n) is 4.47. The summed E-state index contributed by atoms with van der Waals surface area (Å²) in [6, 6.07) is 5.57. The summed E-state index contributed by atoms with van der Waals surface area (Å²) in [7, 11) is -0.808. The molecule has 0 radical (unpaired) electrons. The highest BCUT2D eigenvalue weighted by atomic mass is 16.5. The Hall–Kier alpha value is -1.26. The first kappa shape index (κ1) is 9.31. The van der Waals surface area contributed by atoms with Crippen molar-refractivity contribution >= 4 is 12.6 Å². The number of fused-ring (bicyclic) bond motifs is 1. The second-order valence-corrected chi connectivity index (χ2v) is 3.12. The second-order valence-electron chi connectivity index (χ2n) is 3.12. The minimum Gasteiger partial charge on any atom is -0.490 e. The van der Waals surface area contributed by atoms with Crippen molar-refractivity contribution in [1.29, 1.82) is 0 Å². The summed E-state index contributed by atoms with van der Waals surface area (Å²) >= 11 is 0. The Labute approximate surface area is 83.1 Å². The van der Waals surface area contributed by atoms with Gasteiger partial charge in [0.15, 0.2) is 0 Å². The second kappa shape index (κ2) is 3.86. The van der Waals surface area contributed by atoms with E-state index in [4.69, 9.17) is 9.39 Å². The van der Waals surface area contributed by atoms with Crippen LogP contribution in [0.5, 0.6) is 5.75 Å². The standard InChI is InChI=1S/C10H11BO3/c1-2-5-13-9-4-3-8-7-14-11(12)10(8)6-9/h2-4,6,12H,1,5,7H2. The van der Waals surface area contributed by atoms with Gasteiger partial charge in [-0.2, -0.15) is 0 Å². The van der Waals surface area contributed by atoms with Gasteiger partial charge in [0.2, 0.25) is 0 Å². The molecule has 0 aliphatic carbocycles. The summed E-state index contributed by atoms with van der Waals surface area (Å²) in [6.07, 6.45) is 1.68. The number of hydrogen-bond donors (Lipinski definition) is 1. The van der Waals surface area contributed by atoms with Crippen LogP contribution in [0.2, 0.25) is 0 Å². The molecule has 14 heavy (non-hydrogen) atoms. The van der Waals surface area contributed by atoms with E-state index in [1.54, 1.807) is 12.1 Å². The van der Waals surface area contributed by atoms with Gasteiger partial charge in [0.1, 0.15) is 12.4 Å². The fraction of sp³-hybridized carbons (Fsp3) is 0.200. The maximum atomic E-state index is 9.43. The predicted molar refractivity (Wildman–Crippen MR) is 54.5 cm³/mol. The van der Waals surface area contributed by atoms with Gasteiger partial charge < -0.3 is 14.4 Å². The lowest BCUT2D eigenvalue weighted by molar-refractivity contribution is 0.275. The van der Waals surface area contributed by atoms with Gasteiger partial charge in [0, 0.05) is 0 Å². The van der Waals surface area contributed by atoms with Gasteiger partial charge in [-0.15, -0.1) is 0 Å². The van der Waals surface area contributed by atoms with Crippen LogP contribution in [-0.2, 0) is 11.3 Å². The summed E-state index contributed by atoms with van der Waals surface area (Å²) in [5.74, 6) is 0.730. The van der Waals surface area contributed by atoms with E-state index in [2.05, 4.69) is 6.58 Å². The molecule has 0 saturated carbocycles. The van der Waals surface area contributed by atoms with Crippen LogP contribution in [0.25, 0.3) is 0 Å². The van der Waals surface area contributed by atoms with Crippen molar-refractivity contribution in [1.82, 2.24) is 0 Å². The zero-order valence-corrected chi connectivity index (χ0v) is 7.77. The first-order valence-corrected chi connectivity index (χ1v) is 4.47. The lowest BCUT2D eigenvalue weighted by Crippen LogP contribution is -2.27. The van der Waals surface area contributed by atoms with Crippen LogP contribution in [0.1, 0.15) is 5.56 Å². The molecule has 1 aliphatic rings. The van der Waals surface area contributed by atoms with E-state index in [1.165, 1.54) is 0 Å². The molecule has 0 aromatic heterocycles. The van der Waals surface area contributed by atoms with Crippen LogP contribution < -0.4 is 10.2 Å². The summed E-state index contributed by atoms with van der Waals surface area (Å²) in [6.45, 7) is 4.50. The number of rotatable bonds is 3. The molecule has 0 fully saturated rings. The van der Waals surface area contributed by atoms with Gasteiger partial charge in [-0.25, -0.2) is 0 Å². The van der Waals surface area contributed by atoms with Crippen molar-refractivity contribution < 1.29 is 14.4 Å². The van der Waals surface area contributed by atoms with Crippen LogP contribution in [0, 0.1) is 0 Å². The van der Waals surface area contributed by atoms with Gasteiger partial charge in [-0.3, -0.25) is 0 Å². The Morgan fingerprint density at radius 1 is 1.64 bits per heavy atom. The van der Waals surface area contributed by atoms with E-state index >= 15 is 0 Å². The van der Waals surface area contributed by atoms with Crippen LogP contribution >= 0.6 is 0 Å². The number of benzene rings is 1. The molecule has 2 rings (SSSR count). The molecule has 0 bridgehead atoms. The molecule has 1 aromatic rings. The van der Waals surface area contributed by atoms with E-state index in [-0.39, 0.29) is 0 Å². The van der Waals surface area contributed by atoms with Crippen molar-refractivity contribution in [2.75, 3.05) is 6.61 Å². The van der Waals surface area contributed by atoms with Gasteiger partial charge in [0.05, 0.1) is 6.61 Å². The molecule has 0 saturated heterocycles. The lowest BCUT2D eigenvalue weighted by Gasteiger charge is -2.05. The van der Waals surface area contributed by atoms with E-state index in [0.29, 0.717) is 13.2 Å². The quantitative estimate of drug-likeness (QED) is 0.556. The van der Waals surface area contributed by atoms with Gasteiger partial charge in [-0.05, 0) is 23.2 Å². The molecule has 3 nitrogen and oxygen atoms in total. The van der Waals surface area contributed by atoms with Crippen LogP contribution in [-0.4, -0.2) is 18.7 Å². The maximum Gasteiger partial charge on any atom is 0.491 e. The molecule has 4 heteroatoms. The highest BCUT2D eigenvalue weighted by molar-refractivity contribution is 6.61. The molecule has 0 unspecified atom stereocenters. The molecule has 72 valence electrons. The third kappa shape index (κ3) is 1.67. The third-order valence-electron chi connectivity index (χ3n) is 2.15. The number of hydrogen-bond acceptors (Lipinski definition) is 3. The highest BCUT2D eigenvalue weighted by Crippen LogP contribution is 2.16. The molecule has 0 amide bonds. The van der Waals surface area contributed by atoms with Crippen molar-refractivity contribution in [3.05, 3.63) is 36.4 Å². The largest absolute Gasteiger partial charge is 0.491 e. The van der Waals surface area contributed by atoms with Crippen molar-refractivity contribution in [2.45, 2.75) is 6.61 Å². The zero-order chi connectivity index (χ0) is 9.97. The Kier molecular flexibility index (Phi) is 2.57. The normalized spacial score (nSPS) is 13.9. The summed E-state index contributed by atoms with van der Waals surface area (Å²) < 4.78 is 10.4. The molecular weight excluding hydrogens is 179 g/mol. The van der Waals surface area contributed by atoms with Crippen molar-refractivity contribution in [3.8, 4) is 5.75 Å². The monoisotopic (exact) mass is 190 g/mol. The topological polar surface area (TPSA) is 38.7 Å². The Bertz CT molecular complexity index is 351. The van der Waals surface area contributed by atoms with E-state index in [0.717, 1.165) is 16.8 Å². The highest BCUT2D eigenvalue weighted by Gasteiger charge is 2.27. The molecule has 1 aromatic carbocycles. The third-order valence-corrected chi connectivity index (χ3v) is 2.15. The smallest absolute Gasteiger partial charge is 0.490 e. The van der Waals surface area contributed by atoms with Crippen molar-refractivity contribution in [3.63, 3.8) is 0 Å². The Morgan fingerprint density at radius 2 is 2.50 bits per heavy atom. The Morgan fingerprint density at radius 3 is 3.29 bits per heavy atom. The van der Waals surface area contributed by atoms with Gasteiger partial charge in [-0.1, -0.05) is 18.7 Å². The zero-order valence-electron chi connectivity index (χ0n) is 7.77. The van der Waals surface area contributed by atoms with Crippen LogP contribution in [0.3, 0.4) is 0 Å². The molecule has 1 heterocycles. The molecule has 1 N–H and O–H groups in total. The SMILES string of the molecule is C=CCOc1ccc2c(c1)B(O)OC2. The molecule has 1 aliphatic heterocycles. The van der Waals surface area contributed by atoms with Gasteiger partial charge in [0.25, 0.3) is 0 Å². The average Bonchev–Trinajstić information content (AvgIpc) is 2.57. The van der Waals surface area contributed by atoms with Crippen molar-refractivity contribution in [2.24, 2.45) is 0 Å². The maximum absolute atomic E-state index is 9.43. The van der Waals surface area contributed by atoms with Crippen LogP contribution in [0.15, 0.2) is 30.9 Å². The summed E-state index contributed by atoms with van der Waals surface area (Å²) in [5, 5.41) is 9.43. The fourth-order valence-corrected chi connectivity index (χ4v) is 1.44. The van der Waals surface area contributed by atoms with E-state index in [9.17, 15) is 5.02 Å². The lowest BCUT2D eigenvalue weighted by atomic mass is 9.79. The molecule has 0 atom stereocenters. The molecule has 0 spiro atoms. The molecular formula is C10H11BO3. The fourth-order valence-electron chi connectivity index (χ4n) is 1.44. The minimum absolute atomic E-state index is 0.468. The first-order chi connectivity index (χ1) is 6.81. The minimum atomic E-state index is -0.808.